The molecular weight excluding hydrogens is 445 g/mol. The van der Waals surface area contributed by atoms with Gasteiger partial charge in [0.15, 0.2) is 0 Å². The van der Waals surface area contributed by atoms with Gasteiger partial charge in [-0.3, -0.25) is 24.6 Å². The molecule has 4 aliphatic rings. The molecule has 0 aromatic heterocycles. The molecule has 1 unspecified atom stereocenters. The van der Waals surface area contributed by atoms with Crippen molar-refractivity contribution in [2.75, 3.05) is 13.1 Å². The van der Waals surface area contributed by atoms with E-state index in [2.05, 4.69) is 28.4 Å². The molecule has 1 aliphatic carbocycles. The van der Waals surface area contributed by atoms with Crippen molar-refractivity contribution >= 4 is 17.7 Å². The summed E-state index contributed by atoms with van der Waals surface area (Å²) in [7, 11) is 0. The van der Waals surface area contributed by atoms with Gasteiger partial charge in [0.05, 0.1) is 0 Å². The molecule has 6 nitrogen and oxygen atoms in total. The molecule has 182 valence electrons. The molecule has 0 spiro atoms. The van der Waals surface area contributed by atoms with Gasteiger partial charge in [-0.25, -0.2) is 4.39 Å². The molecule has 0 saturated carbocycles. The first-order chi connectivity index (χ1) is 17.0. The molecule has 3 aliphatic heterocycles. The summed E-state index contributed by atoms with van der Waals surface area (Å²) in [5.41, 5.74) is 6.15. The van der Waals surface area contributed by atoms with Crippen LogP contribution in [-0.2, 0) is 35.5 Å². The monoisotopic (exact) mass is 475 g/mol. The number of carbonyl (C=O) groups is 3. The minimum absolute atomic E-state index is 0.122. The topological polar surface area (TPSA) is 69.7 Å². The number of benzene rings is 2. The van der Waals surface area contributed by atoms with Crippen molar-refractivity contribution in [1.82, 2.24) is 15.1 Å². The third kappa shape index (κ3) is 4.16. The number of amides is 3. The summed E-state index contributed by atoms with van der Waals surface area (Å²) in [6.07, 6.45) is 5.92. The Bertz CT molecular complexity index is 1220. The summed E-state index contributed by atoms with van der Waals surface area (Å²) in [6, 6.07) is 9.41. The van der Waals surface area contributed by atoms with Crippen LogP contribution in [0.2, 0.25) is 0 Å². The highest BCUT2D eigenvalue weighted by atomic mass is 19.1. The van der Waals surface area contributed by atoms with Gasteiger partial charge >= 0.3 is 0 Å². The third-order valence-corrected chi connectivity index (χ3v) is 8.24. The molecule has 0 bridgehead atoms. The van der Waals surface area contributed by atoms with Crippen LogP contribution in [0.3, 0.4) is 0 Å². The van der Waals surface area contributed by atoms with Gasteiger partial charge in [0, 0.05) is 25.1 Å². The van der Waals surface area contributed by atoms with Crippen LogP contribution in [0.1, 0.15) is 76.2 Å². The molecule has 3 amide bonds. The Kier molecular flexibility index (Phi) is 5.67. The fourth-order valence-corrected chi connectivity index (χ4v) is 6.30. The Balaban J connectivity index is 1.12. The lowest BCUT2D eigenvalue weighted by Gasteiger charge is -2.32. The average Bonchev–Trinajstić information content (AvgIpc) is 3.43. The van der Waals surface area contributed by atoms with E-state index in [1.807, 2.05) is 6.07 Å². The number of nitrogens with zero attached hydrogens (tertiary/aromatic N) is 2. The van der Waals surface area contributed by atoms with Crippen LogP contribution in [0.15, 0.2) is 30.3 Å². The first-order valence-corrected chi connectivity index (χ1v) is 12.8. The van der Waals surface area contributed by atoms with E-state index in [1.54, 1.807) is 0 Å². The largest absolute Gasteiger partial charge is 0.322 e. The van der Waals surface area contributed by atoms with Crippen molar-refractivity contribution in [2.45, 2.75) is 70.0 Å². The quantitative estimate of drug-likeness (QED) is 0.688. The number of halogens is 1. The van der Waals surface area contributed by atoms with Gasteiger partial charge in [0.1, 0.15) is 11.9 Å². The lowest BCUT2D eigenvalue weighted by molar-refractivity contribution is -0.136. The summed E-state index contributed by atoms with van der Waals surface area (Å²) < 4.78 is 15.2. The summed E-state index contributed by atoms with van der Waals surface area (Å²) in [5.74, 6) is -1.30. The number of fused-ring (bicyclic) bond motifs is 2. The van der Waals surface area contributed by atoms with E-state index in [0.29, 0.717) is 17.5 Å². The van der Waals surface area contributed by atoms with Crippen molar-refractivity contribution in [1.29, 1.82) is 0 Å². The highest BCUT2D eigenvalue weighted by Gasteiger charge is 2.40. The second-order valence-electron chi connectivity index (χ2n) is 10.4. The molecular formula is C28H30FN3O3. The van der Waals surface area contributed by atoms with Crippen LogP contribution in [0.25, 0.3) is 0 Å². The van der Waals surface area contributed by atoms with Gasteiger partial charge in [-0.1, -0.05) is 24.3 Å². The summed E-state index contributed by atoms with van der Waals surface area (Å²) in [6.45, 7) is 3.05. The van der Waals surface area contributed by atoms with Crippen LogP contribution < -0.4 is 5.32 Å². The van der Waals surface area contributed by atoms with Crippen molar-refractivity contribution in [3.05, 3.63) is 69.5 Å². The van der Waals surface area contributed by atoms with Gasteiger partial charge in [-0.15, -0.1) is 0 Å². The first kappa shape index (κ1) is 22.4. The van der Waals surface area contributed by atoms with Crippen molar-refractivity contribution < 1.29 is 18.8 Å². The Hall–Kier alpha value is -3.06. The lowest BCUT2D eigenvalue weighted by Crippen LogP contribution is -2.52. The molecule has 0 radical (unpaired) electrons. The molecule has 6 rings (SSSR count). The van der Waals surface area contributed by atoms with Gasteiger partial charge in [0.2, 0.25) is 11.8 Å². The number of hydrogen-bond acceptors (Lipinski definition) is 4. The number of hydrogen-bond donors (Lipinski definition) is 1. The molecule has 7 heteroatoms. The zero-order valence-electron chi connectivity index (χ0n) is 19.8. The van der Waals surface area contributed by atoms with Gasteiger partial charge in [-0.05, 0) is 91.4 Å². The standard InChI is InChI=1S/C28H30FN3O3/c29-24-14-23-21(16-32(28(23)35)25-6-7-26(33)30-27(25)34)13-22(24)19-8-10-31(11-9-19)15-17-4-5-18-2-1-3-20(18)12-17/h4-5,12-14,19,25H,1-3,6-11,15-16H2,(H,30,33,34). The molecule has 35 heavy (non-hydrogen) atoms. The molecule has 2 aromatic rings. The number of carbonyl (C=O) groups excluding carboxylic acids is 3. The number of imide groups is 1. The summed E-state index contributed by atoms with van der Waals surface area (Å²) >= 11 is 0. The van der Waals surface area contributed by atoms with Gasteiger partial charge in [-0.2, -0.15) is 0 Å². The molecule has 2 fully saturated rings. The fraction of sp³-hybridized carbons (Fsp3) is 0.464. The second-order valence-corrected chi connectivity index (χ2v) is 10.4. The second kappa shape index (κ2) is 8.86. The molecule has 2 saturated heterocycles. The summed E-state index contributed by atoms with van der Waals surface area (Å²) in [4.78, 5) is 40.6. The number of rotatable bonds is 4. The zero-order valence-corrected chi connectivity index (χ0v) is 19.8. The van der Waals surface area contributed by atoms with E-state index in [-0.39, 0.29) is 36.5 Å². The van der Waals surface area contributed by atoms with E-state index in [1.165, 1.54) is 46.9 Å². The number of aryl methyl sites for hydroxylation is 2. The predicted octanol–water partition coefficient (Wildman–Crippen LogP) is 3.46. The number of nitrogens with one attached hydrogen (secondary N) is 1. The van der Waals surface area contributed by atoms with Crippen LogP contribution >= 0.6 is 0 Å². The Labute approximate surface area is 204 Å². The van der Waals surface area contributed by atoms with Crippen molar-refractivity contribution in [2.24, 2.45) is 0 Å². The van der Waals surface area contributed by atoms with Gasteiger partial charge < -0.3 is 4.90 Å². The lowest BCUT2D eigenvalue weighted by atomic mass is 9.87. The van der Waals surface area contributed by atoms with Crippen molar-refractivity contribution in [3.8, 4) is 0 Å². The van der Waals surface area contributed by atoms with Crippen molar-refractivity contribution in [3.63, 3.8) is 0 Å². The molecule has 1 N–H and O–H groups in total. The van der Waals surface area contributed by atoms with Crippen LogP contribution in [0, 0.1) is 5.82 Å². The van der Waals surface area contributed by atoms with Crippen LogP contribution in [-0.4, -0.2) is 46.7 Å². The van der Waals surface area contributed by atoms with E-state index in [0.717, 1.165) is 38.0 Å². The SMILES string of the molecule is O=C1CCC(N2Cc3cc(C4CCN(Cc5ccc6c(c5)CCC6)CC4)c(F)cc3C2=O)C(=O)N1. The maximum Gasteiger partial charge on any atom is 0.255 e. The average molecular weight is 476 g/mol. The summed E-state index contributed by atoms with van der Waals surface area (Å²) in [5, 5.41) is 2.31. The predicted molar refractivity (Wildman–Crippen MR) is 128 cm³/mol. The van der Waals surface area contributed by atoms with E-state index in [4.69, 9.17) is 0 Å². The van der Waals surface area contributed by atoms with Crippen LogP contribution in [0.4, 0.5) is 4.39 Å². The van der Waals surface area contributed by atoms with E-state index in [9.17, 15) is 14.4 Å². The Morgan fingerprint density at radius 1 is 0.914 bits per heavy atom. The molecule has 2 aromatic carbocycles. The van der Waals surface area contributed by atoms with Gasteiger partial charge in [0.25, 0.3) is 5.91 Å². The van der Waals surface area contributed by atoms with E-state index < -0.39 is 11.9 Å². The minimum Gasteiger partial charge on any atom is -0.322 e. The first-order valence-electron chi connectivity index (χ1n) is 12.8. The highest BCUT2D eigenvalue weighted by Crippen LogP contribution is 2.36. The normalized spacial score (nSPS) is 22.9. The Morgan fingerprint density at radius 2 is 1.71 bits per heavy atom. The maximum atomic E-state index is 15.2. The number of piperidine rings is 2. The minimum atomic E-state index is -0.679. The zero-order chi connectivity index (χ0) is 24.1. The fourth-order valence-electron chi connectivity index (χ4n) is 6.30. The van der Waals surface area contributed by atoms with E-state index >= 15 is 4.39 Å². The maximum absolute atomic E-state index is 15.2. The highest BCUT2D eigenvalue weighted by molar-refractivity contribution is 6.05. The Morgan fingerprint density at radius 3 is 2.51 bits per heavy atom. The molecule has 3 heterocycles. The smallest absolute Gasteiger partial charge is 0.255 e. The van der Waals surface area contributed by atoms with Crippen LogP contribution in [0.5, 0.6) is 0 Å². The number of likely N-dealkylation sites (tertiary alicyclic amines) is 1. The third-order valence-electron chi connectivity index (χ3n) is 8.24. The molecule has 1 atom stereocenters.